The summed E-state index contributed by atoms with van der Waals surface area (Å²) in [6, 6.07) is 3.16. The summed E-state index contributed by atoms with van der Waals surface area (Å²) in [6.45, 7) is -0.507. The smallest absolute Gasteiger partial charge is 0.276 e. The summed E-state index contributed by atoms with van der Waals surface area (Å²) in [6.07, 6.45) is 2.89. The highest BCUT2D eigenvalue weighted by Crippen LogP contribution is 2.23. The van der Waals surface area contributed by atoms with Crippen LogP contribution in [0.15, 0.2) is 24.5 Å². The summed E-state index contributed by atoms with van der Waals surface area (Å²) < 4.78 is 27.6. The minimum absolute atomic E-state index is 0.0883. The third-order valence-electron chi connectivity index (χ3n) is 2.89. The highest BCUT2D eigenvalue weighted by molar-refractivity contribution is 14.1. The first-order chi connectivity index (χ1) is 10.4. The van der Waals surface area contributed by atoms with E-state index in [-0.39, 0.29) is 15.8 Å². The van der Waals surface area contributed by atoms with Crippen LogP contribution in [0, 0.1) is 0 Å². The van der Waals surface area contributed by atoms with Gasteiger partial charge in [-0.25, -0.2) is 13.8 Å². The molecule has 0 saturated carbocycles. The summed E-state index contributed by atoms with van der Waals surface area (Å²) in [5.74, 6) is -3.24. The molecule has 0 bridgehead atoms. The number of aromatic nitrogens is 3. The summed E-state index contributed by atoms with van der Waals surface area (Å²) >= 11 is 1.63. The number of hydrogen-bond donors (Lipinski definition) is 2. The Kier molecular flexibility index (Phi) is 4.94. The number of halogens is 3. The second-order valence-corrected chi connectivity index (χ2v) is 5.39. The molecule has 0 aliphatic carbocycles. The molecule has 9 heteroatoms. The Morgan fingerprint density at radius 3 is 2.86 bits per heavy atom. The van der Waals surface area contributed by atoms with E-state index in [9.17, 15) is 13.6 Å². The number of pyridine rings is 1. The Labute approximate surface area is 139 Å². The van der Waals surface area contributed by atoms with Gasteiger partial charge in [-0.2, -0.15) is 5.10 Å². The Bertz CT molecular complexity index is 689. The number of nitrogens with one attached hydrogen (secondary N) is 1. The molecule has 0 atom stereocenters. The quantitative estimate of drug-likeness (QED) is 0.571. The molecular weight excluding hydrogens is 407 g/mol. The lowest BCUT2D eigenvalue weighted by Gasteiger charge is -2.12. The van der Waals surface area contributed by atoms with Crippen molar-refractivity contribution in [3.8, 4) is 11.3 Å². The van der Waals surface area contributed by atoms with E-state index in [2.05, 4.69) is 15.4 Å². The molecule has 0 unspecified atom stereocenters. The van der Waals surface area contributed by atoms with Gasteiger partial charge in [-0.3, -0.25) is 9.48 Å². The summed E-state index contributed by atoms with van der Waals surface area (Å²) in [7, 11) is 1.47. The predicted molar refractivity (Wildman–Crippen MR) is 87.1 cm³/mol. The number of nitrogens with two attached hydrogens (primary N) is 1. The largest absolute Gasteiger partial charge is 0.397 e. The molecule has 0 fully saturated rings. The van der Waals surface area contributed by atoms with Crippen LogP contribution in [0.4, 0.5) is 14.5 Å². The molecule has 1 amide bonds. The van der Waals surface area contributed by atoms with E-state index in [1.165, 1.54) is 19.4 Å². The zero-order valence-electron chi connectivity index (χ0n) is 11.7. The lowest BCUT2D eigenvalue weighted by molar-refractivity contribution is 0.00890. The average Bonchev–Trinajstić information content (AvgIpc) is 2.94. The number of amides is 1. The molecule has 0 radical (unpaired) electrons. The van der Waals surface area contributed by atoms with Crippen molar-refractivity contribution in [1.82, 2.24) is 20.1 Å². The topological polar surface area (TPSA) is 85.8 Å². The van der Waals surface area contributed by atoms with Crippen LogP contribution in [-0.2, 0) is 6.54 Å². The minimum atomic E-state index is -2.83. The maximum atomic E-state index is 13.4. The van der Waals surface area contributed by atoms with Gasteiger partial charge in [0.05, 0.1) is 22.0 Å². The molecule has 3 N–H and O–H groups in total. The number of nitrogen functional groups attached to an aromatic ring is 1. The highest BCUT2D eigenvalue weighted by atomic mass is 127. The van der Waals surface area contributed by atoms with Gasteiger partial charge >= 0.3 is 0 Å². The molecule has 118 valence electrons. The van der Waals surface area contributed by atoms with Crippen molar-refractivity contribution >= 4 is 34.2 Å². The zero-order chi connectivity index (χ0) is 16.3. The van der Waals surface area contributed by atoms with Gasteiger partial charge in [0.2, 0.25) is 0 Å². The van der Waals surface area contributed by atoms with Crippen molar-refractivity contribution in [3.63, 3.8) is 0 Å². The molecule has 0 aliphatic heterocycles. The molecule has 6 nitrogen and oxygen atoms in total. The van der Waals surface area contributed by atoms with Crippen LogP contribution in [-0.4, -0.2) is 38.1 Å². The number of hydrogen-bond acceptors (Lipinski definition) is 4. The Morgan fingerprint density at radius 2 is 2.23 bits per heavy atom. The SMILES string of the molecule is CNC(=O)c1nc(-c2cnn(CC(F)(F)CI)c2)ccc1N. The van der Waals surface area contributed by atoms with Crippen LogP contribution in [0.3, 0.4) is 0 Å². The molecule has 0 saturated heterocycles. The van der Waals surface area contributed by atoms with E-state index >= 15 is 0 Å². The highest BCUT2D eigenvalue weighted by Gasteiger charge is 2.28. The third-order valence-corrected chi connectivity index (χ3v) is 4.00. The van der Waals surface area contributed by atoms with E-state index in [1.807, 2.05) is 0 Å². The van der Waals surface area contributed by atoms with E-state index in [1.54, 1.807) is 34.7 Å². The standard InChI is InChI=1S/C13H14F2IN5O/c1-18-12(22)11-9(17)2-3-10(20-11)8-4-19-21(5-8)7-13(14,15)6-16/h2-5H,6-7,17H2,1H3,(H,18,22). The van der Waals surface area contributed by atoms with Crippen LogP contribution in [0.1, 0.15) is 10.5 Å². The maximum absolute atomic E-state index is 13.4. The fraction of sp³-hybridized carbons (Fsp3) is 0.308. The molecule has 0 aliphatic rings. The molecule has 2 aromatic heterocycles. The molecule has 2 aromatic rings. The molecule has 0 spiro atoms. The monoisotopic (exact) mass is 421 g/mol. The van der Waals surface area contributed by atoms with Crippen molar-refractivity contribution in [2.45, 2.75) is 12.5 Å². The van der Waals surface area contributed by atoms with Gasteiger partial charge in [-0.15, -0.1) is 0 Å². The van der Waals surface area contributed by atoms with Gasteiger partial charge < -0.3 is 11.1 Å². The van der Waals surface area contributed by atoms with Crippen LogP contribution < -0.4 is 11.1 Å². The van der Waals surface area contributed by atoms with Crippen LogP contribution in [0.25, 0.3) is 11.3 Å². The first-order valence-electron chi connectivity index (χ1n) is 6.31. The number of rotatable bonds is 5. The second-order valence-electron chi connectivity index (χ2n) is 4.63. The van der Waals surface area contributed by atoms with Crippen molar-refractivity contribution in [1.29, 1.82) is 0 Å². The normalized spacial score (nSPS) is 11.5. The molecule has 2 heterocycles. The number of carbonyl (C=O) groups excluding carboxylic acids is 1. The summed E-state index contributed by atoms with van der Waals surface area (Å²) in [4.78, 5) is 15.8. The molecule has 22 heavy (non-hydrogen) atoms. The predicted octanol–water partition coefficient (Wildman–Crippen LogP) is 1.96. The van der Waals surface area contributed by atoms with Gasteiger partial charge in [0.25, 0.3) is 11.8 Å². The first kappa shape index (κ1) is 16.6. The fourth-order valence-electron chi connectivity index (χ4n) is 1.79. The Hall–Kier alpha value is -1.78. The van der Waals surface area contributed by atoms with Gasteiger partial charge in [0.15, 0.2) is 5.69 Å². The number of alkyl halides is 3. The molecule has 2 rings (SSSR count). The van der Waals surface area contributed by atoms with Gasteiger partial charge in [0, 0.05) is 18.8 Å². The number of nitrogens with zero attached hydrogens (tertiary/aromatic N) is 3. The maximum Gasteiger partial charge on any atom is 0.276 e. The zero-order valence-corrected chi connectivity index (χ0v) is 13.8. The van der Waals surface area contributed by atoms with Gasteiger partial charge in [-0.1, -0.05) is 22.6 Å². The summed E-state index contributed by atoms with van der Waals surface area (Å²) in [5.41, 5.74) is 7.02. The van der Waals surface area contributed by atoms with E-state index in [0.717, 1.165) is 4.68 Å². The molecular formula is C13H14F2IN5O. The van der Waals surface area contributed by atoms with E-state index in [0.29, 0.717) is 11.3 Å². The van der Waals surface area contributed by atoms with E-state index in [4.69, 9.17) is 5.73 Å². The van der Waals surface area contributed by atoms with E-state index < -0.39 is 18.4 Å². The lowest BCUT2D eigenvalue weighted by atomic mass is 10.2. The third kappa shape index (κ3) is 3.70. The average molecular weight is 421 g/mol. The Morgan fingerprint density at radius 1 is 1.50 bits per heavy atom. The lowest BCUT2D eigenvalue weighted by Crippen LogP contribution is -2.25. The van der Waals surface area contributed by atoms with Crippen molar-refractivity contribution < 1.29 is 13.6 Å². The van der Waals surface area contributed by atoms with Crippen molar-refractivity contribution in [3.05, 3.63) is 30.2 Å². The Balaban J connectivity index is 2.30. The van der Waals surface area contributed by atoms with Gasteiger partial charge in [-0.05, 0) is 12.1 Å². The van der Waals surface area contributed by atoms with Crippen molar-refractivity contribution in [2.75, 3.05) is 17.2 Å². The second kappa shape index (κ2) is 6.55. The summed E-state index contributed by atoms with van der Waals surface area (Å²) in [5, 5.41) is 6.35. The fourth-order valence-corrected chi connectivity index (χ4v) is 2.03. The number of anilines is 1. The molecule has 0 aromatic carbocycles. The van der Waals surface area contributed by atoms with Gasteiger partial charge in [0.1, 0.15) is 6.54 Å². The van der Waals surface area contributed by atoms with Crippen LogP contribution in [0.2, 0.25) is 0 Å². The minimum Gasteiger partial charge on any atom is -0.397 e. The van der Waals surface area contributed by atoms with Crippen LogP contribution in [0.5, 0.6) is 0 Å². The number of carbonyl (C=O) groups is 1. The van der Waals surface area contributed by atoms with Crippen molar-refractivity contribution in [2.24, 2.45) is 0 Å². The first-order valence-corrected chi connectivity index (χ1v) is 7.84. The van der Waals surface area contributed by atoms with Crippen LogP contribution >= 0.6 is 22.6 Å².